The Hall–Kier alpha value is -2.68. The molecule has 0 radical (unpaired) electrons. The normalized spacial score (nSPS) is 12.0. The highest BCUT2D eigenvalue weighted by Crippen LogP contribution is 2.17. The van der Waals surface area contributed by atoms with E-state index >= 15 is 0 Å². The average molecular weight is 362 g/mol. The highest BCUT2D eigenvalue weighted by Gasteiger charge is 2.21. The van der Waals surface area contributed by atoms with Gasteiger partial charge in [-0.15, -0.1) is 5.10 Å². The van der Waals surface area contributed by atoms with Crippen LogP contribution < -0.4 is 11.2 Å². The summed E-state index contributed by atoms with van der Waals surface area (Å²) >= 11 is 0. The van der Waals surface area contributed by atoms with Gasteiger partial charge in [0.25, 0.3) is 15.6 Å². The van der Waals surface area contributed by atoms with Gasteiger partial charge in [-0.1, -0.05) is 25.5 Å². The number of rotatable bonds is 4. The molecule has 0 aliphatic carbocycles. The van der Waals surface area contributed by atoms with Crippen molar-refractivity contribution in [1.29, 1.82) is 0 Å². The Kier molecular flexibility index (Phi) is 4.11. The predicted octanol–water partition coefficient (Wildman–Crippen LogP) is 0.623. The summed E-state index contributed by atoms with van der Waals surface area (Å²) in [6.07, 6.45) is 2.98. The second kappa shape index (κ2) is 5.99. The monoisotopic (exact) mass is 362 g/mol. The van der Waals surface area contributed by atoms with Crippen LogP contribution in [0.25, 0.3) is 11.0 Å². The summed E-state index contributed by atoms with van der Waals surface area (Å²) in [7, 11) is -1.18. The average Bonchev–Trinajstić information content (AvgIpc) is 3.05. The van der Waals surface area contributed by atoms with E-state index in [1.807, 2.05) is 6.92 Å². The van der Waals surface area contributed by atoms with E-state index < -0.39 is 21.3 Å². The number of hydrogen-bond acceptors (Lipinski definition) is 5. The Morgan fingerprint density at radius 1 is 1.04 bits per heavy atom. The lowest BCUT2D eigenvalue weighted by molar-refractivity contribution is 0.580. The molecule has 3 rings (SSSR count). The Labute approximate surface area is 144 Å². The summed E-state index contributed by atoms with van der Waals surface area (Å²) in [5.74, 6) is 0. The second-order valence-electron chi connectivity index (χ2n) is 5.84. The fraction of sp³-hybridized carbons (Fsp3) is 0.312. The first-order valence-corrected chi connectivity index (χ1v) is 9.21. The topological polar surface area (TPSA) is 96.0 Å². The number of fused-ring (bicyclic) bond motifs is 1. The van der Waals surface area contributed by atoms with Crippen LogP contribution >= 0.6 is 0 Å². The van der Waals surface area contributed by atoms with Crippen molar-refractivity contribution in [1.82, 2.24) is 18.3 Å². The zero-order chi connectivity index (χ0) is 18.4. The molecule has 2 aromatic heterocycles. The Bertz CT molecular complexity index is 1170. The van der Waals surface area contributed by atoms with Crippen molar-refractivity contribution in [3.8, 4) is 0 Å². The van der Waals surface area contributed by atoms with Crippen LogP contribution in [0.1, 0.15) is 18.9 Å². The third kappa shape index (κ3) is 2.70. The van der Waals surface area contributed by atoms with Gasteiger partial charge in [-0.05, 0) is 24.1 Å². The van der Waals surface area contributed by atoms with Crippen LogP contribution in [0, 0.1) is 0 Å². The number of hydrogen-bond donors (Lipinski definition) is 0. The van der Waals surface area contributed by atoms with Crippen molar-refractivity contribution in [3.63, 3.8) is 0 Å². The van der Waals surface area contributed by atoms with Crippen molar-refractivity contribution in [3.05, 3.63) is 56.9 Å². The molecule has 0 N–H and O–H groups in total. The van der Waals surface area contributed by atoms with Crippen molar-refractivity contribution >= 4 is 21.1 Å². The Balaban J connectivity index is 2.18. The van der Waals surface area contributed by atoms with Crippen molar-refractivity contribution in [2.75, 3.05) is 0 Å². The van der Waals surface area contributed by atoms with Crippen LogP contribution in [0.4, 0.5) is 0 Å². The molecule has 0 aliphatic heterocycles. The minimum atomic E-state index is -3.95. The second-order valence-corrected chi connectivity index (χ2v) is 7.64. The molecule has 0 fully saturated rings. The van der Waals surface area contributed by atoms with Gasteiger partial charge in [0.05, 0.1) is 11.1 Å². The molecule has 2 heterocycles. The van der Waals surface area contributed by atoms with E-state index in [4.69, 9.17) is 0 Å². The van der Waals surface area contributed by atoms with Gasteiger partial charge >= 0.3 is 5.69 Å². The molecule has 8 nitrogen and oxygen atoms in total. The standard InChI is InChI=1S/C16H18N4O4S/c1-4-5-11-6-8-12(9-7-11)25(23,24)20-10-13-14(17-20)18(2)16(22)19(3)15(13)21/h6-10H,4-5H2,1-3H3. The van der Waals surface area contributed by atoms with E-state index in [9.17, 15) is 18.0 Å². The maximum atomic E-state index is 12.8. The van der Waals surface area contributed by atoms with Crippen LogP contribution in [0.5, 0.6) is 0 Å². The lowest BCUT2D eigenvalue weighted by atomic mass is 10.1. The minimum Gasteiger partial charge on any atom is -0.279 e. The number of aryl methyl sites for hydroxylation is 2. The van der Waals surface area contributed by atoms with Crippen molar-refractivity contribution in [2.45, 2.75) is 24.7 Å². The van der Waals surface area contributed by atoms with E-state index in [-0.39, 0.29) is 15.9 Å². The van der Waals surface area contributed by atoms with Gasteiger partial charge in [-0.3, -0.25) is 13.9 Å². The molecule has 0 saturated carbocycles. The molecule has 132 valence electrons. The summed E-state index contributed by atoms with van der Waals surface area (Å²) in [4.78, 5) is 24.2. The van der Waals surface area contributed by atoms with Crippen LogP contribution in [0.2, 0.25) is 0 Å². The molecule has 3 aromatic rings. The fourth-order valence-electron chi connectivity index (χ4n) is 2.67. The molecule has 0 amide bonds. The summed E-state index contributed by atoms with van der Waals surface area (Å²) in [6.45, 7) is 2.05. The third-order valence-electron chi connectivity index (χ3n) is 4.11. The summed E-state index contributed by atoms with van der Waals surface area (Å²) < 4.78 is 28.3. The summed E-state index contributed by atoms with van der Waals surface area (Å²) in [6, 6.07) is 6.55. The van der Waals surface area contributed by atoms with Crippen LogP contribution in [0.3, 0.4) is 0 Å². The predicted molar refractivity (Wildman–Crippen MR) is 93.2 cm³/mol. The molecule has 0 unspecified atom stereocenters. The highest BCUT2D eigenvalue weighted by molar-refractivity contribution is 7.89. The first-order valence-electron chi connectivity index (χ1n) is 7.77. The summed E-state index contributed by atoms with van der Waals surface area (Å²) in [5, 5.41) is 4.03. The summed E-state index contributed by atoms with van der Waals surface area (Å²) in [5.41, 5.74) is -0.0791. The molecule has 9 heteroatoms. The van der Waals surface area contributed by atoms with Crippen molar-refractivity contribution < 1.29 is 8.42 Å². The van der Waals surface area contributed by atoms with Gasteiger partial charge in [0.2, 0.25) is 0 Å². The zero-order valence-corrected chi connectivity index (χ0v) is 14.9. The smallest absolute Gasteiger partial charge is 0.279 e. The molecule has 0 bridgehead atoms. The van der Waals surface area contributed by atoms with E-state index in [1.54, 1.807) is 12.1 Å². The van der Waals surface area contributed by atoms with Gasteiger partial charge in [0.15, 0.2) is 5.65 Å². The first-order chi connectivity index (χ1) is 11.8. The SMILES string of the molecule is CCCc1ccc(S(=O)(=O)n2cc3c(=O)n(C)c(=O)n(C)c3n2)cc1. The van der Waals surface area contributed by atoms with Crippen LogP contribution in [-0.4, -0.2) is 26.7 Å². The molecule has 25 heavy (non-hydrogen) atoms. The lowest BCUT2D eigenvalue weighted by Crippen LogP contribution is -2.36. The quantitative estimate of drug-likeness (QED) is 0.678. The minimum absolute atomic E-state index is 0.0271. The molecular weight excluding hydrogens is 344 g/mol. The molecule has 0 spiro atoms. The molecule has 0 saturated heterocycles. The highest BCUT2D eigenvalue weighted by atomic mass is 32.2. The lowest BCUT2D eigenvalue weighted by Gasteiger charge is -2.05. The fourth-order valence-corrected chi connectivity index (χ4v) is 3.80. The largest absolute Gasteiger partial charge is 0.332 e. The number of nitrogens with zero attached hydrogens (tertiary/aromatic N) is 4. The van der Waals surface area contributed by atoms with E-state index in [2.05, 4.69) is 5.10 Å². The van der Waals surface area contributed by atoms with Gasteiger partial charge in [0.1, 0.15) is 5.39 Å². The van der Waals surface area contributed by atoms with E-state index in [1.165, 1.54) is 26.2 Å². The molecule has 0 atom stereocenters. The van der Waals surface area contributed by atoms with Crippen molar-refractivity contribution in [2.24, 2.45) is 14.1 Å². The van der Waals surface area contributed by atoms with Crippen LogP contribution in [-0.2, 0) is 30.5 Å². The van der Waals surface area contributed by atoms with Crippen LogP contribution in [0.15, 0.2) is 44.9 Å². The van der Waals surface area contributed by atoms with Gasteiger partial charge in [-0.2, -0.15) is 12.5 Å². The van der Waals surface area contributed by atoms with Gasteiger partial charge in [0, 0.05) is 14.1 Å². The molecular formula is C16H18N4O4S. The zero-order valence-electron chi connectivity index (χ0n) is 14.1. The van der Waals surface area contributed by atoms with Gasteiger partial charge < -0.3 is 0 Å². The Morgan fingerprint density at radius 3 is 2.28 bits per heavy atom. The maximum Gasteiger partial charge on any atom is 0.332 e. The maximum absolute atomic E-state index is 12.8. The van der Waals surface area contributed by atoms with E-state index in [0.29, 0.717) is 0 Å². The molecule has 0 aliphatic rings. The van der Waals surface area contributed by atoms with Gasteiger partial charge in [-0.25, -0.2) is 4.79 Å². The number of benzene rings is 1. The number of aromatic nitrogens is 4. The van der Waals surface area contributed by atoms with E-state index in [0.717, 1.165) is 37.8 Å². The first kappa shape index (κ1) is 17.2. The third-order valence-corrected chi connectivity index (χ3v) is 5.65. The molecule has 1 aromatic carbocycles. The Morgan fingerprint density at radius 2 is 1.68 bits per heavy atom.